The molecule has 1 aromatic carbocycles. The standard InChI is InChI=1S/C16H12ClF2N5O/c1-23(9-11-7-20-4-5-21-11)14-8-22-24(16(25)15(14)17)13-3-2-10(18)6-12(13)19/h2-8H,9H2,1H3. The van der Waals surface area contributed by atoms with Gasteiger partial charge in [0, 0.05) is 25.5 Å². The number of rotatable bonds is 4. The van der Waals surface area contributed by atoms with Gasteiger partial charge in [-0.3, -0.25) is 14.8 Å². The van der Waals surface area contributed by atoms with Gasteiger partial charge < -0.3 is 4.90 Å². The molecule has 0 amide bonds. The maximum atomic E-state index is 13.9. The van der Waals surface area contributed by atoms with Gasteiger partial charge in [0.2, 0.25) is 0 Å². The zero-order valence-corrected chi connectivity index (χ0v) is 13.8. The predicted molar refractivity (Wildman–Crippen MR) is 88.9 cm³/mol. The summed E-state index contributed by atoms with van der Waals surface area (Å²) in [5.41, 5.74) is 0.137. The molecule has 6 nitrogen and oxygen atoms in total. The Morgan fingerprint density at radius 1 is 1.24 bits per heavy atom. The Morgan fingerprint density at radius 3 is 2.72 bits per heavy atom. The highest BCUT2D eigenvalue weighted by Crippen LogP contribution is 2.22. The van der Waals surface area contributed by atoms with Crippen molar-refractivity contribution in [2.24, 2.45) is 0 Å². The molecular formula is C16H12ClF2N5O. The zero-order valence-electron chi connectivity index (χ0n) is 13.0. The van der Waals surface area contributed by atoms with E-state index in [-0.39, 0.29) is 10.7 Å². The van der Waals surface area contributed by atoms with E-state index in [0.717, 1.165) is 16.8 Å². The smallest absolute Gasteiger partial charge is 0.292 e. The minimum Gasteiger partial charge on any atom is -0.366 e. The summed E-state index contributed by atoms with van der Waals surface area (Å²) in [6.07, 6.45) is 6.03. The Kier molecular flexibility index (Phi) is 4.71. The molecule has 3 aromatic rings. The summed E-state index contributed by atoms with van der Waals surface area (Å²) in [6, 6.07) is 2.83. The van der Waals surface area contributed by atoms with Gasteiger partial charge in [-0.1, -0.05) is 11.6 Å². The van der Waals surface area contributed by atoms with Gasteiger partial charge >= 0.3 is 0 Å². The van der Waals surface area contributed by atoms with Gasteiger partial charge in [0.05, 0.1) is 30.3 Å². The summed E-state index contributed by atoms with van der Waals surface area (Å²) in [6.45, 7) is 0.351. The fraction of sp³-hybridized carbons (Fsp3) is 0.125. The van der Waals surface area contributed by atoms with Crippen molar-refractivity contribution in [3.05, 3.63) is 75.7 Å². The second-order valence-corrected chi connectivity index (χ2v) is 5.59. The van der Waals surface area contributed by atoms with Crippen molar-refractivity contribution in [2.75, 3.05) is 11.9 Å². The first-order chi connectivity index (χ1) is 12.0. The number of anilines is 1. The van der Waals surface area contributed by atoms with Crippen molar-refractivity contribution >= 4 is 17.3 Å². The molecule has 0 N–H and O–H groups in total. The van der Waals surface area contributed by atoms with Crippen LogP contribution in [0.5, 0.6) is 0 Å². The average molecular weight is 364 g/mol. The first kappa shape index (κ1) is 17.0. The van der Waals surface area contributed by atoms with Crippen LogP contribution >= 0.6 is 11.6 Å². The van der Waals surface area contributed by atoms with Crippen LogP contribution in [0.3, 0.4) is 0 Å². The van der Waals surface area contributed by atoms with Crippen LogP contribution in [0.1, 0.15) is 5.69 Å². The highest BCUT2D eigenvalue weighted by atomic mass is 35.5. The molecule has 0 atom stereocenters. The van der Waals surface area contributed by atoms with Gasteiger partial charge in [-0.05, 0) is 12.1 Å². The molecule has 0 saturated carbocycles. The summed E-state index contributed by atoms with van der Waals surface area (Å²) in [4.78, 5) is 22.2. The molecule has 0 saturated heterocycles. The van der Waals surface area contributed by atoms with Gasteiger partial charge in [0.15, 0.2) is 5.82 Å². The lowest BCUT2D eigenvalue weighted by Gasteiger charge is -2.19. The molecular weight excluding hydrogens is 352 g/mol. The number of hydrogen-bond acceptors (Lipinski definition) is 5. The molecule has 0 bridgehead atoms. The fourth-order valence-electron chi connectivity index (χ4n) is 2.25. The van der Waals surface area contributed by atoms with E-state index in [1.807, 2.05) is 0 Å². The summed E-state index contributed by atoms with van der Waals surface area (Å²) in [7, 11) is 1.71. The molecule has 128 valence electrons. The van der Waals surface area contributed by atoms with E-state index in [4.69, 9.17) is 11.6 Å². The van der Waals surface area contributed by atoms with Gasteiger partial charge in [-0.2, -0.15) is 9.78 Å². The van der Waals surface area contributed by atoms with Crippen molar-refractivity contribution in [1.82, 2.24) is 19.7 Å². The fourth-order valence-corrected chi connectivity index (χ4v) is 2.53. The normalized spacial score (nSPS) is 10.7. The van der Waals surface area contributed by atoms with Crippen molar-refractivity contribution in [2.45, 2.75) is 6.54 Å². The minimum atomic E-state index is -0.911. The van der Waals surface area contributed by atoms with E-state index in [1.165, 1.54) is 6.20 Å². The third-order valence-electron chi connectivity index (χ3n) is 3.47. The lowest BCUT2D eigenvalue weighted by Crippen LogP contribution is -2.27. The number of halogens is 3. The first-order valence-electron chi connectivity index (χ1n) is 7.16. The Balaban J connectivity index is 1.96. The summed E-state index contributed by atoms with van der Waals surface area (Å²) >= 11 is 6.15. The highest BCUT2D eigenvalue weighted by molar-refractivity contribution is 6.33. The van der Waals surface area contributed by atoms with Crippen LogP contribution in [0.4, 0.5) is 14.5 Å². The lowest BCUT2D eigenvalue weighted by atomic mass is 10.3. The second-order valence-electron chi connectivity index (χ2n) is 5.21. The summed E-state index contributed by atoms with van der Waals surface area (Å²) < 4.78 is 27.7. The van der Waals surface area contributed by atoms with Gasteiger partial charge in [-0.15, -0.1) is 0 Å². The third-order valence-corrected chi connectivity index (χ3v) is 3.82. The Labute approximate surface area is 146 Å². The molecule has 0 unspecified atom stereocenters. The summed E-state index contributed by atoms with van der Waals surface area (Å²) in [5, 5.41) is 3.81. The molecule has 0 aliphatic rings. The maximum Gasteiger partial charge on any atom is 0.292 e. The molecule has 0 aliphatic carbocycles. The van der Waals surface area contributed by atoms with E-state index in [1.54, 1.807) is 30.5 Å². The Morgan fingerprint density at radius 2 is 2.04 bits per heavy atom. The van der Waals surface area contributed by atoms with Crippen LogP contribution in [-0.2, 0) is 6.54 Å². The molecule has 0 aliphatic heterocycles. The molecule has 0 spiro atoms. The predicted octanol–water partition coefficient (Wildman–Crippen LogP) is 2.59. The van der Waals surface area contributed by atoms with Crippen LogP contribution in [0, 0.1) is 11.6 Å². The number of benzene rings is 1. The van der Waals surface area contributed by atoms with E-state index in [0.29, 0.717) is 24.0 Å². The molecule has 2 aromatic heterocycles. The van der Waals surface area contributed by atoms with Crippen molar-refractivity contribution in [1.29, 1.82) is 0 Å². The minimum absolute atomic E-state index is 0.134. The average Bonchev–Trinajstić information content (AvgIpc) is 2.59. The van der Waals surface area contributed by atoms with Crippen LogP contribution in [0.2, 0.25) is 5.02 Å². The summed E-state index contributed by atoms with van der Waals surface area (Å²) in [5.74, 6) is -1.66. The van der Waals surface area contributed by atoms with Crippen LogP contribution in [-0.4, -0.2) is 26.8 Å². The van der Waals surface area contributed by atoms with Crippen LogP contribution < -0.4 is 10.5 Å². The van der Waals surface area contributed by atoms with E-state index >= 15 is 0 Å². The number of hydrogen-bond donors (Lipinski definition) is 0. The highest BCUT2D eigenvalue weighted by Gasteiger charge is 2.16. The van der Waals surface area contributed by atoms with Crippen molar-refractivity contribution in [3.8, 4) is 5.69 Å². The topological polar surface area (TPSA) is 63.9 Å². The Hall–Kier alpha value is -2.87. The van der Waals surface area contributed by atoms with Crippen molar-refractivity contribution < 1.29 is 8.78 Å². The SMILES string of the molecule is CN(Cc1cnccn1)c1cnn(-c2ccc(F)cc2F)c(=O)c1Cl. The molecule has 2 heterocycles. The van der Waals surface area contributed by atoms with E-state index < -0.39 is 17.2 Å². The lowest BCUT2D eigenvalue weighted by molar-refractivity contribution is 0.570. The maximum absolute atomic E-state index is 13.9. The molecule has 25 heavy (non-hydrogen) atoms. The van der Waals surface area contributed by atoms with Gasteiger partial charge in [0.25, 0.3) is 5.56 Å². The largest absolute Gasteiger partial charge is 0.366 e. The Bertz CT molecular complexity index is 964. The number of aromatic nitrogens is 4. The quantitative estimate of drug-likeness (QED) is 0.713. The zero-order chi connectivity index (χ0) is 18.0. The molecule has 9 heteroatoms. The van der Waals surface area contributed by atoms with Crippen molar-refractivity contribution in [3.63, 3.8) is 0 Å². The molecule has 3 rings (SSSR count). The molecule has 0 fully saturated rings. The van der Waals surface area contributed by atoms with Crippen LogP contribution in [0.15, 0.2) is 47.8 Å². The van der Waals surface area contributed by atoms with E-state index in [9.17, 15) is 13.6 Å². The first-order valence-corrected chi connectivity index (χ1v) is 7.54. The second kappa shape index (κ2) is 6.94. The van der Waals surface area contributed by atoms with Crippen LogP contribution in [0.25, 0.3) is 5.69 Å². The van der Waals surface area contributed by atoms with E-state index in [2.05, 4.69) is 15.1 Å². The third kappa shape index (κ3) is 3.48. The van der Waals surface area contributed by atoms with Gasteiger partial charge in [-0.25, -0.2) is 8.78 Å². The number of nitrogens with zero attached hydrogens (tertiary/aromatic N) is 5. The van der Waals surface area contributed by atoms with Gasteiger partial charge in [0.1, 0.15) is 16.5 Å². The monoisotopic (exact) mass is 363 g/mol. The molecule has 0 radical (unpaired) electrons.